The zero-order valence-electron chi connectivity index (χ0n) is 17.0. The first-order valence-corrected chi connectivity index (χ1v) is 10.6. The fraction of sp³-hybridized carbons (Fsp3) is 0.458. The number of amides is 1. The monoisotopic (exact) mass is 397 g/mol. The van der Waals surface area contributed by atoms with E-state index in [1.165, 1.54) is 24.0 Å². The molecule has 148 valence electrons. The minimum Gasteiger partial charge on any atom is -0.444 e. The summed E-state index contributed by atoms with van der Waals surface area (Å²) in [6.07, 6.45) is 2.18. The van der Waals surface area contributed by atoms with E-state index in [0.29, 0.717) is 18.4 Å². The van der Waals surface area contributed by atoms with E-state index in [1.807, 2.05) is 24.8 Å². The fourth-order valence-corrected chi connectivity index (χ4v) is 4.14. The first-order valence-electron chi connectivity index (χ1n) is 10.2. The highest BCUT2D eigenvalue weighted by atomic mass is 35.5. The second-order valence-corrected chi connectivity index (χ2v) is 8.95. The third-order valence-electron chi connectivity index (χ3n) is 6.16. The molecule has 2 aromatic carbocycles. The summed E-state index contributed by atoms with van der Waals surface area (Å²) in [5.41, 5.74) is 5.92. The Morgan fingerprint density at radius 3 is 2.46 bits per heavy atom. The molecule has 2 aromatic rings. The Morgan fingerprint density at radius 1 is 1.11 bits per heavy atom. The molecule has 2 aliphatic rings. The van der Waals surface area contributed by atoms with Crippen LogP contribution in [0.25, 0.3) is 11.1 Å². The van der Waals surface area contributed by atoms with E-state index >= 15 is 0 Å². The maximum atomic E-state index is 12.4. The molecule has 1 aliphatic heterocycles. The van der Waals surface area contributed by atoms with Gasteiger partial charge in [0.05, 0.1) is 12.6 Å². The van der Waals surface area contributed by atoms with E-state index in [2.05, 4.69) is 44.2 Å². The zero-order chi connectivity index (χ0) is 20.0. The van der Waals surface area contributed by atoms with Crippen LogP contribution in [0.1, 0.15) is 69.1 Å². The topological polar surface area (TPSA) is 29.5 Å². The molecule has 0 aromatic heterocycles. The molecule has 28 heavy (non-hydrogen) atoms. The number of ether oxygens (including phenoxy) is 1. The lowest BCUT2D eigenvalue weighted by atomic mass is 9.92. The molecular weight excluding hydrogens is 370 g/mol. The normalized spacial score (nSPS) is 22.1. The predicted octanol–water partition coefficient (Wildman–Crippen LogP) is 6.74. The highest BCUT2D eigenvalue weighted by molar-refractivity contribution is 6.33. The highest BCUT2D eigenvalue weighted by Crippen LogP contribution is 2.43. The molecule has 0 N–H and O–H groups in total. The van der Waals surface area contributed by atoms with Crippen molar-refractivity contribution in [2.75, 3.05) is 0 Å². The Balaban J connectivity index is 1.77. The Labute approximate surface area is 172 Å². The summed E-state index contributed by atoms with van der Waals surface area (Å²) >= 11 is 6.61. The molecule has 0 spiro atoms. The number of rotatable bonds is 5. The Kier molecular flexibility index (Phi) is 5.13. The molecular formula is C24H28ClNO2. The summed E-state index contributed by atoms with van der Waals surface area (Å²) in [6.45, 7) is 8.92. The van der Waals surface area contributed by atoms with Crippen LogP contribution in [0.5, 0.6) is 0 Å². The van der Waals surface area contributed by atoms with Gasteiger partial charge in [-0.2, -0.15) is 0 Å². The highest BCUT2D eigenvalue weighted by Gasteiger charge is 2.36. The molecule has 2 fully saturated rings. The molecule has 0 bridgehead atoms. The minimum absolute atomic E-state index is 0.0578. The van der Waals surface area contributed by atoms with Gasteiger partial charge in [-0.25, -0.2) is 4.79 Å². The first kappa shape index (κ1) is 19.3. The minimum atomic E-state index is -0.232. The Morgan fingerprint density at radius 2 is 1.86 bits per heavy atom. The second kappa shape index (κ2) is 7.44. The van der Waals surface area contributed by atoms with Gasteiger partial charge in [0.25, 0.3) is 0 Å². The molecule has 4 rings (SSSR count). The molecule has 1 amide bonds. The number of carbonyl (C=O) groups excluding carboxylic acids is 1. The van der Waals surface area contributed by atoms with Crippen molar-refractivity contribution in [1.82, 2.24) is 4.90 Å². The van der Waals surface area contributed by atoms with Crippen LogP contribution >= 0.6 is 11.6 Å². The zero-order valence-corrected chi connectivity index (χ0v) is 17.8. The maximum Gasteiger partial charge on any atom is 0.410 e. The van der Waals surface area contributed by atoms with Gasteiger partial charge < -0.3 is 4.74 Å². The van der Waals surface area contributed by atoms with Crippen LogP contribution in [-0.4, -0.2) is 23.1 Å². The molecule has 3 nitrogen and oxygen atoms in total. The second-order valence-electron chi connectivity index (χ2n) is 8.54. The van der Waals surface area contributed by atoms with Crippen LogP contribution < -0.4 is 0 Å². The van der Waals surface area contributed by atoms with E-state index in [-0.39, 0.29) is 18.2 Å². The Hall–Kier alpha value is -2.00. The van der Waals surface area contributed by atoms with E-state index in [0.717, 1.165) is 21.7 Å². The van der Waals surface area contributed by atoms with E-state index in [4.69, 9.17) is 16.3 Å². The first-order chi connectivity index (χ1) is 13.3. The van der Waals surface area contributed by atoms with Gasteiger partial charge in [-0.1, -0.05) is 49.7 Å². The predicted molar refractivity (Wildman–Crippen MR) is 114 cm³/mol. The van der Waals surface area contributed by atoms with Crippen molar-refractivity contribution in [2.45, 2.75) is 71.1 Å². The summed E-state index contributed by atoms with van der Waals surface area (Å²) < 4.78 is 5.43. The third kappa shape index (κ3) is 3.65. The summed E-state index contributed by atoms with van der Waals surface area (Å²) in [6, 6.07) is 13.0. The molecule has 1 saturated carbocycles. The standard InChI is InChI=1S/C24H28ClNO2/c1-14(2)18-8-10-23(25)22(12-18)21-9-7-19(17-5-6-17)11-20(21)13-26-15(3)16(4)28-24(26)27/h7-12,14-17H,5-6,13H2,1-4H3/t15-,16+/m0/s1. The van der Waals surface area contributed by atoms with Gasteiger partial charge in [-0.3, -0.25) is 4.90 Å². The summed E-state index contributed by atoms with van der Waals surface area (Å²) in [7, 11) is 0. The van der Waals surface area contributed by atoms with Gasteiger partial charge in [0.1, 0.15) is 6.10 Å². The van der Waals surface area contributed by atoms with Crippen molar-refractivity contribution in [3.05, 3.63) is 58.1 Å². The smallest absolute Gasteiger partial charge is 0.410 e. The van der Waals surface area contributed by atoms with Crippen LogP contribution in [0.3, 0.4) is 0 Å². The molecule has 0 radical (unpaired) electrons. The number of hydrogen-bond acceptors (Lipinski definition) is 2. The lowest BCUT2D eigenvalue weighted by Gasteiger charge is -2.22. The van der Waals surface area contributed by atoms with Gasteiger partial charge in [0.2, 0.25) is 0 Å². The van der Waals surface area contributed by atoms with Crippen LogP contribution in [0.15, 0.2) is 36.4 Å². The lowest BCUT2D eigenvalue weighted by Crippen LogP contribution is -2.32. The summed E-state index contributed by atoms with van der Waals surface area (Å²) in [4.78, 5) is 14.2. The van der Waals surface area contributed by atoms with Crippen LogP contribution in [0, 0.1) is 0 Å². The van der Waals surface area contributed by atoms with E-state index < -0.39 is 0 Å². The largest absolute Gasteiger partial charge is 0.444 e. The number of cyclic esters (lactones) is 1. The number of hydrogen-bond donors (Lipinski definition) is 0. The number of nitrogens with zero attached hydrogens (tertiary/aromatic N) is 1. The van der Waals surface area contributed by atoms with Crippen LogP contribution in [0.2, 0.25) is 5.02 Å². The number of carbonyl (C=O) groups is 1. The van der Waals surface area contributed by atoms with E-state index in [9.17, 15) is 4.79 Å². The lowest BCUT2D eigenvalue weighted by molar-refractivity contribution is 0.137. The summed E-state index contributed by atoms with van der Waals surface area (Å²) in [5.74, 6) is 1.09. The van der Waals surface area contributed by atoms with Gasteiger partial charge in [0, 0.05) is 10.6 Å². The quantitative estimate of drug-likeness (QED) is 0.559. The molecule has 1 heterocycles. The van der Waals surface area contributed by atoms with E-state index in [1.54, 1.807) is 0 Å². The van der Waals surface area contributed by atoms with Gasteiger partial charge in [-0.15, -0.1) is 0 Å². The van der Waals surface area contributed by atoms with Crippen LogP contribution in [-0.2, 0) is 11.3 Å². The Bertz CT molecular complexity index is 903. The average molecular weight is 398 g/mol. The van der Waals surface area contributed by atoms with Crippen molar-refractivity contribution >= 4 is 17.7 Å². The van der Waals surface area contributed by atoms with Crippen molar-refractivity contribution in [2.24, 2.45) is 0 Å². The molecule has 4 heteroatoms. The van der Waals surface area contributed by atoms with Crippen molar-refractivity contribution in [3.63, 3.8) is 0 Å². The van der Waals surface area contributed by atoms with Gasteiger partial charge in [0.15, 0.2) is 0 Å². The van der Waals surface area contributed by atoms with Crippen molar-refractivity contribution < 1.29 is 9.53 Å². The van der Waals surface area contributed by atoms with Crippen LogP contribution in [0.4, 0.5) is 4.79 Å². The number of benzene rings is 2. The molecule has 1 aliphatic carbocycles. The maximum absolute atomic E-state index is 12.4. The van der Waals surface area contributed by atoms with Gasteiger partial charge >= 0.3 is 6.09 Å². The fourth-order valence-electron chi connectivity index (χ4n) is 3.92. The molecule has 0 unspecified atom stereocenters. The molecule has 1 saturated heterocycles. The molecule has 2 atom stereocenters. The van der Waals surface area contributed by atoms with Gasteiger partial charge in [-0.05, 0) is 72.9 Å². The van der Waals surface area contributed by atoms with Crippen molar-refractivity contribution in [3.8, 4) is 11.1 Å². The van der Waals surface area contributed by atoms with Crippen molar-refractivity contribution in [1.29, 1.82) is 0 Å². The average Bonchev–Trinajstić information content (AvgIpc) is 3.47. The summed E-state index contributed by atoms with van der Waals surface area (Å²) in [5, 5.41) is 0.746. The third-order valence-corrected chi connectivity index (χ3v) is 6.49. The number of halogens is 1. The SMILES string of the molecule is CC(C)c1ccc(Cl)c(-c2ccc(C3CC3)cc2CN2C(=O)O[C@H](C)[C@@H]2C)c1.